The van der Waals surface area contributed by atoms with E-state index in [1.54, 1.807) is 36.4 Å². The molecule has 0 spiro atoms. The van der Waals surface area contributed by atoms with Crippen LogP contribution in [0.4, 0.5) is 8.78 Å². The minimum absolute atomic E-state index is 0.0584. The van der Waals surface area contributed by atoms with Crippen LogP contribution in [0.15, 0.2) is 48.5 Å². The van der Waals surface area contributed by atoms with E-state index in [9.17, 15) is 8.78 Å². The van der Waals surface area contributed by atoms with Gasteiger partial charge in [-0.05, 0) is 12.1 Å². The standard InChI is InChI=1S/C15H15F2NO/c16-13-7-3-1-5-11(13)10-19-15(9-18)12-6-2-4-8-14(12)17/h1-8,15H,9-10,18H2. The summed E-state index contributed by atoms with van der Waals surface area (Å²) in [6, 6.07) is 12.6. The van der Waals surface area contributed by atoms with Crippen molar-refractivity contribution in [3.8, 4) is 0 Å². The van der Waals surface area contributed by atoms with Crippen LogP contribution >= 0.6 is 0 Å². The van der Waals surface area contributed by atoms with E-state index >= 15 is 0 Å². The Kier molecular flexibility index (Phi) is 4.60. The Hall–Kier alpha value is -1.78. The lowest BCUT2D eigenvalue weighted by molar-refractivity contribution is 0.0417. The van der Waals surface area contributed by atoms with Crippen molar-refractivity contribution < 1.29 is 13.5 Å². The number of ether oxygens (including phenoxy) is 1. The van der Waals surface area contributed by atoms with Gasteiger partial charge in [0.2, 0.25) is 0 Å². The molecule has 0 amide bonds. The third-order valence-electron chi connectivity index (χ3n) is 2.86. The molecule has 2 N–H and O–H groups in total. The quantitative estimate of drug-likeness (QED) is 0.899. The first-order valence-electron chi connectivity index (χ1n) is 6.02. The molecule has 0 saturated heterocycles. The molecule has 0 aromatic heterocycles. The monoisotopic (exact) mass is 263 g/mol. The van der Waals surface area contributed by atoms with E-state index in [-0.39, 0.29) is 24.8 Å². The Balaban J connectivity index is 2.09. The van der Waals surface area contributed by atoms with Gasteiger partial charge < -0.3 is 10.5 Å². The summed E-state index contributed by atoms with van der Waals surface area (Å²) < 4.78 is 32.6. The zero-order valence-corrected chi connectivity index (χ0v) is 10.4. The van der Waals surface area contributed by atoms with Gasteiger partial charge in [0, 0.05) is 17.7 Å². The van der Waals surface area contributed by atoms with Gasteiger partial charge in [0.1, 0.15) is 11.6 Å². The lowest BCUT2D eigenvalue weighted by atomic mass is 10.1. The molecule has 1 atom stereocenters. The van der Waals surface area contributed by atoms with E-state index in [1.807, 2.05) is 0 Å². The summed E-state index contributed by atoms with van der Waals surface area (Å²) in [6.45, 7) is 0.193. The molecule has 2 aromatic rings. The summed E-state index contributed by atoms with van der Waals surface area (Å²) >= 11 is 0. The highest BCUT2D eigenvalue weighted by atomic mass is 19.1. The normalized spacial score (nSPS) is 12.4. The summed E-state index contributed by atoms with van der Waals surface area (Å²) in [6.07, 6.45) is -0.583. The molecular weight excluding hydrogens is 248 g/mol. The summed E-state index contributed by atoms with van der Waals surface area (Å²) in [5, 5.41) is 0. The first kappa shape index (κ1) is 13.6. The summed E-state index contributed by atoms with van der Waals surface area (Å²) in [4.78, 5) is 0. The van der Waals surface area contributed by atoms with Gasteiger partial charge in [-0.15, -0.1) is 0 Å². The highest BCUT2D eigenvalue weighted by Crippen LogP contribution is 2.21. The fourth-order valence-electron chi connectivity index (χ4n) is 1.83. The Morgan fingerprint density at radius 1 is 0.947 bits per heavy atom. The Morgan fingerprint density at radius 3 is 2.21 bits per heavy atom. The minimum Gasteiger partial charge on any atom is -0.367 e. The fourth-order valence-corrected chi connectivity index (χ4v) is 1.83. The molecule has 0 bridgehead atoms. The topological polar surface area (TPSA) is 35.2 Å². The predicted octanol–water partition coefficient (Wildman–Crippen LogP) is 3.18. The summed E-state index contributed by atoms with van der Waals surface area (Å²) in [7, 11) is 0. The number of nitrogens with two attached hydrogens (primary N) is 1. The second kappa shape index (κ2) is 6.41. The lowest BCUT2D eigenvalue weighted by Gasteiger charge is -2.17. The van der Waals surface area contributed by atoms with E-state index in [0.717, 1.165) is 0 Å². The van der Waals surface area contributed by atoms with Gasteiger partial charge in [-0.1, -0.05) is 36.4 Å². The molecule has 2 aromatic carbocycles. The van der Waals surface area contributed by atoms with Crippen LogP contribution in [-0.4, -0.2) is 6.54 Å². The number of hydrogen-bond acceptors (Lipinski definition) is 2. The van der Waals surface area contributed by atoms with Gasteiger partial charge in [0.05, 0.1) is 12.7 Å². The molecular formula is C15H15F2NO. The Morgan fingerprint density at radius 2 is 1.58 bits per heavy atom. The molecule has 0 fully saturated rings. The zero-order chi connectivity index (χ0) is 13.7. The van der Waals surface area contributed by atoms with E-state index in [4.69, 9.17) is 10.5 Å². The third kappa shape index (κ3) is 3.36. The van der Waals surface area contributed by atoms with E-state index in [1.165, 1.54) is 12.1 Å². The first-order chi connectivity index (χ1) is 9.22. The number of benzene rings is 2. The third-order valence-corrected chi connectivity index (χ3v) is 2.86. The first-order valence-corrected chi connectivity index (χ1v) is 6.02. The van der Waals surface area contributed by atoms with Gasteiger partial charge in [0.15, 0.2) is 0 Å². The average Bonchev–Trinajstić information content (AvgIpc) is 2.43. The Labute approximate surface area is 110 Å². The van der Waals surface area contributed by atoms with Gasteiger partial charge in [0.25, 0.3) is 0 Å². The van der Waals surface area contributed by atoms with Crippen LogP contribution in [0.25, 0.3) is 0 Å². The van der Waals surface area contributed by atoms with Crippen molar-refractivity contribution >= 4 is 0 Å². The van der Waals surface area contributed by atoms with Gasteiger partial charge in [-0.25, -0.2) is 8.78 Å². The molecule has 0 aliphatic carbocycles. The number of hydrogen-bond donors (Lipinski definition) is 1. The fraction of sp³-hybridized carbons (Fsp3) is 0.200. The zero-order valence-electron chi connectivity index (χ0n) is 10.4. The highest BCUT2D eigenvalue weighted by Gasteiger charge is 2.15. The van der Waals surface area contributed by atoms with Crippen LogP contribution < -0.4 is 5.73 Å². The van der Waals surface area contributed by atoms with Crippen LogP contribution in [0.3, 0.4) is 0 Å². The van der Waals surface area contributed by atoms with Crippen LogP contribution in [0.1, 0.15) is 17.2 Å². The van der Waals surface area contributed by atoms with E-state index in [0.29, 0.717) is 11.1 Å². The molecule has 4 heteroatoms. The van der Waals surface area contributed by atoms with Gasteiger partial charge in [-0.2, -0.15) is 0 Å². The molecule has 0 aliphatic rings. The van der Waals surface area contributed by atoms with Crippen molar-refractivity contribution in [2.24, 2.45) is 5.73 Å². The average molecular weight is 263 g/mol. The minimum atomic E-state index is -0.583. The molecule has 2 rings (SSSR count). The lowest BCUT2D eigenvalue weighted by Crippen LogP contribution is -2.17. The predicted molar refractivity (Wildman–Crippen MR) is 69.4 cm³/mol. The van der Waals surface area contributed by atoms with Crippen LogP contribution in [0.2, 0.25) is 0 Å². The highest BCUT2D eigenvalue weighted by molar-refractivity contribution is 5.21. The van der Waals surface area contributed by atoms with E-state index < -0.39 is 6.10 Å². The molecule has 0 radical (unpaired) electrons. The summed E-state index contributed by atoms with van der Waals surface area (Å²) in [5.74, 6) is -0.710. The van der Waals surface area contributed by atoms with Gasteiger partial charge >= 0.3 is 0 Å². The van der Waals surface area contributed by atoms with Crippen molar-refractivity contribution in [2.45, 2.75) is 12.7 Å². The van der Waals surface area contributed by atoms with Crippen molar-refractivity contribution in [1.82, 2.24) is 0 Å². The van der Waals surface area contributed by atoms with Crippen molar-refractivity contribution in [2.75, 3.05) is 6.54 Å². The smallest absolute Gasteiger partial charge is 0.129 e. The van der Waals surface area contributed by atoms with Crippen molar-refractivity contribution in [3.63, 3.8) is 0 Å². The molecule has 1 unspecified atom stereocenters. The van der Waals surface area contributed by atoms with Gasteiger partial charge in [-0.3, -0.25) is 0 Å². The maximum absolute atomic E-state index is 13.6. The maximum atomic E-state index is 13.6. The molecule has 19 heavy (non-hydrogen) atoms. The Bertz CT molecular complexity index is 545. The number of halogens is 2. The number of rotatable bonds is 5. The largest absolute Gasteiger partial charge is 0.367 e. The van der Waals surface area contributed by atoms with E-state index in [2.05, 4.69) is 0 Å². The molecule has 100 valence electrons. The van der Waals surface area contributed by atoms with Crippen LogP contribution in [0, 0.1) is 11.6 Å². The molecule has 2 nitrogen and oxygen atoms in total. The van der Waals surface area contributed by atoms with Crippen molar-refractivity contribution in [1.29, 1.82) is 0 Å². The summed E-state index contributed by atoms with van der Waals surface area (Å²) in [5.41, 5.74) is 6.41. The molecule has 0 heterocycles. The van der Waals surface area contributed by atoms with Crippen LogP contribution in [-0.2, 0) is 11.3 Å². The molecule has 0 aliphatic heterocycles. The van der Waals surface area contributed by atoms with Crippen molar-refractivity contribution in [3.05, 3.63) is 71.3 Å². The SMILES string of the molecule is NCC(OCc1ccccc1F)c1ccccc1F. The maximum Gasteiger partial charge on any atom is 0.129 e. The van der Waals surface area contributed by atoms with Crippen LogP contribution in [0.5, 0.6) is 0 Å². The second-order valence-electron chi connectivity index (χ2n) is 4.15. The molecule has 0 saturated carbocycles. The second-order valence-corrected chi connectivity index (χ2v) is 4.15.